The molecule has 1 fully saturated rings. The van der Waals surface area contributed by atoms with E-state index in [1.807, 2.05) is 0 Å². The molecule has 92 valence electrons. The van der Waals surface area contributed by atoms with Crippen molar-refractivity contribution in [2.45, 2.75) is 12.5 Å². The molecule has 2 heterocycles. The Kier molecular flexibility index (Phi) is 3.78. The van der Waals surface area contributed by atoms with Gasteiger partial charge in [0, 0.05) is 19.3 Å². The number of likely N-dealkylation sites (tertiary alicyclic amines) is 1. The van der Waals surface area contributed by atoms with Crippen molar-refractivity contribution >= 4 is 40.7 Å². The van der Waals surface area contributed by atoms with Gasteiger partial charge in [-0.25, -0.2) is 4.98 Å². The molecular weight excluding hydrogens is 286 g/mol. The third-order valence-electron chi connectivity index (χ3n) is 2.57. The van der Waals surface area contributed by atoms with Gasteiger partial charge in [-0.15, -0.1) is 0 Å². The SMILES string of the molecule is O=C(c1ncc(Cl)c(Cl)c1Cl)N1CCC(O)C1. The summed E-state index contributed by atoms with van der Waals surface area (Å²) in [5.41, 5.74) is 0.0650. The number of halogens is 3. The lowest BCUT2D eigenvalue weighted by atomic mass is 10.3. The van der Waals surface area contributed by atoms with Gasteiger partial charge in [-0.1, -0.05) is 34.8 Å². The summed E-state index contributed by atoms with van der Waals surface area (Å²) in [7, 11) is 0. The monoisotopic (exact) mass is 294 g/mol. The Morgan fingerprint density at radius 2 is 2.12 bits per heavy atom. The largest absolute Gasteiger partial charge is 0.391 e. The summed E-state index contributed by atoms with van der Waals surface area (Å²) in [5.74, 6) is -0.342. The van der Waals surface area contributed by atoms with Gasteiger partial charge in [-0.05, 0) is 6.42 Å². The molecule has 17 heavy (non-hydrogen) atoms. The molecule has 1 saturated heterocycles. The van der Waals surface area contributed by atoms with E-state index in [1.54, 1.807) is 0 Å². The molecule has 1 N–H and O–H groups in total. The predicted octanol–water partition coefficient (Wildman–Crippen LogP) is 2.25. The van der Waals surface area contributed by atoms with Gasteiger partial charge in [-0.3, -0.25) is 4.79 Å². The van der Waals surface area contributed by atoms with Gasteiger partial charge in [0.2, 0.25) is 0 Å². The highest BCUT2D eigenvalue weighted by atomic mass is 35.5. The van der Waals surface area contributed by atoms with Gasteiger partial charge in [0.15, 0.2) is 0 Å². The lowest BCUT2D eigenvalue weighted by Crippen LogP contribution is -2.30. The van der Waals surface area contributed by atoms with E-state index in [0.717, 1.165) is 0 Å². The summed E-state index contributed by atoms with van der Waals surface area (Å²) in [5, 5.41) is 9.74. The van der Waals surface area contributed by atoms with E-state index >= 15 is 0 Å². The Morgan fingerprint density at radius 3 is 2.71 bits per heavy atom. The number of nitrogens with zero attached hydrogens (tertiary/aromatic N) is 2. The Bertz CT molecular complexity index is 467. The van der Waals surface area contributed by atoms with Crippen LogP contribution in [-0.4, -0.2) is 40.1 Å². The fourth-order valence-corrected chi connectivity index (χ4v) is 2.23. The molecule has 0 spiro atoms. The molecular formula is C10H9Cl3N2O2. The summed E-state index contributed by atoms with van der Waals surface area (Å²) < 4.78 is 0. The van der Waals surface area contributed by atoms with E-state index in [0.29, 0.717) is 13.0 Å². The molecule has 0 bridgehead atoms. The minimum absolute atomic E-state index is 0.0468. The number of pyridine rings is 1. The molecule has 1 aromatic rings. The zero-order chi connectivity index (χ0) is 12.6. The van der Waals surface area contributed by atoms with E-state index in [4.69, 9.17) is 34.8 Å². The molecule has 1 unspecified atom stereocenters. The van der Waals surface area contributed by atoms with Crippen molar-refractivity contribution in [2.24, 2.45) is 0 Å². The maximum absolute atomic E-state index is 12.0. The van der Waals surface area contributed by atoms with Gasteiger partial charge in [-0.2, -0.15) is 0 Å². The number of aliphatic hydroxyl groups excluding tert-OH is 1. The maximum Gasteiger partial charge on any atom is 0.274 e. The second-order valence-electron chi connectivity index (χ2n) is 3.78. The van der Waals surface area contributed by atoms with Gasteiger partial charge in [0.25, 0.3) is 5.91 Å². The number of amides is 1. The Balaban J connectivity index is 2.29. The highest BCUT2D eigenvalue weighted by Crippen LogP contribution is 2.32. The molecule has 7 heteroatoms. The van der Waals surface area contributed by atoms with E-state index in [9.17, 15) is 9.90 Å². The third-order valence-corrected chi connectivity index (χ3v) is 3.81. The van der Waals surface area contributed by atoms with Crippen molar-refractivity contribution in [2.75, 3.05) is 13.1 Å². The van der Waals surface area contributed by atoms with Gasteiger partial charge in [0.05, 0.1) is 21.2 Å². The van der Waals surface area contributed by atoms with Crippen molar-refractivity contribution in [3.63, 3.8) is 0 Å². The van der Waals surface area contributed by atoms with Crippen LogP contribution in [0.3, 0.4) is 0 Å². The Hall–Kier alpha value is -0.550. The summed E-state index contributed by atoms with van der Waals surface area (Å²) in [4.78, 5) is 17.4. The third kappa shape index (κ3) is 2.50. The number of β-amino-alcohol motifs (C(OH)–C–C–N with tert-alkyl or cyclic N) is 1. The molecule has 1 aromatic heterocycles. The Morgan fingerprint density at radius 1 is 1.41 bits per heavy atom. The first kappa shape index (κ1) is 12.9. The van der Waals surface area contributed by atoms with Crippen LogP contribution in [0.5, 0.6) is 0 Å². The van der Waals surface area contributed by atoms with E-state index in [-0.39, 0.29) is 33.2 Å². The molecule has 0 radical (unpaired) electrons. The molecule has 1 atom stereocenters. The van der Waals surface area contributed by atoms with Gasteiger partial charge in [0.1, 0.15) is 5.69 Å². The zero-order valence-corrected chi connectivity index (χ0v) is 10.9. The second kappa shape index (κ2) is 4.98. The highest BCUT2D eigenvalue weighted by Gasteiger charge is 2.28. The average molecular weight is 296 g/mol. The number of hydrogen-bond donors (Lipinski definition) is 1. The topological polar surface area (TPSA) is 53.4 Å². The molecule has 1 aliphatic heterocycles. The lowest BCUT2D eigenvalue weighted by Gasteiger charge is -2.16. The van der Waals surface area contributed by atoms with E-state index < -0.39 is 6.10 Å². The molecule has 4 nitrogen and oxygen atoms in total. The van der Waals surface area contributed by atoms with Crippen LogP contribution in [-0.2, 0) is 0 Å². The Labute approximate surface area is 113 Å². The van der Waals surface area contributed by atoms with Crippen molar-refractivity contribution in [3.05, 3.63) is 27.0 Å². The van der Waals surface area contributed by atoms with E-state index in [1.165, 1.54) is 11.1 Å². The first-order chi connectivity index (χ1) is 8.00. The number of carbonyl (C=O) groups is 1. The number of aromatic nitrogens is 1. The summed E-state index contributed by atoms with van der Waals surface area (Å²) in [6, 6.07) is 0. The van der Waals surface area contributed by atoms with E-state index in [2.05, 4.69) is 4.98 Å². The van der Waals surface area contributed by atoms with Crippen LogP contribution < -0.4 is 0 Å². The number of aliphatic hydroxyl groups is 1. The zero-order valence-electron chi connectivity index (χ0n) is 8.66. The second-order valence-corrected chi connectivity index (χ2v) is 4.94. The standard InChI is InChI=1S/C10H9Cl3N2O2/c11-6-3-14-9(8(13)7(6)12)10(17)15-2-1-5(16)4-15/h3,5,16H,1-2,4H2. The molecule has 1 aliphatic rings. The van der Waals surface area contributed by atoms with Crippen LogP contribution >= 0.6 is 34.8 Å². The van der Waals surface area contributed by atoms with Gasteiger partial charge >= 0.3 is 0 Å². The highest BCUT2D eigenvalue weighted by molar-refractivity contribution is 6.48. The van der Waals surface area contributed by atoms with Crippen molar-refractivity contribution in [1.29, 1.82) is 0 Å². The van der Waals surface area contributed by atoms with Gasteiger partial charge < -0.3 is 10.0 Å². The van der Waals surface area contributed by atoms with Crippen LogP contribution in [0.4, 0.5) is 0 Å². The average Bonchev–Trinajstić information content (AvgIpc) is 2.72. The molecule has 0 aromatic carbocycles. The predicted molar refractivity (Wildman–Crippen MR) is 65.8 cm³/mol. The lowest BCUT2D eigenvalue weighted by molar-refractivity contribution is 0.0759. The number of rotatable bonds is 1. The minimum Gasteiger partial charge on any atom is -0.391 e. The maximum atomic E-state index is 12.0. The van der Waals surface area contributed by atoms with Crippen LogP contribution in [0, 0.1) is 0 Å². The van der Waals surface area contributed by atoms with Crippen molar-refractivity contribution in [3.8, 4) is 0 Å². The quantitative estimate of drug-likeness (QED) is 0.864. The smallest absolute Gasteiger partial charge is 0.274 e. The summed E-state index contributed by atoms with van der Waals surface area (Å²) in [6.07, 6.45) is 1.36. The molecule has 2 rings (SSSR count). The minimum atomic E-state index is -0.486. The molecule has 0 aliphatic carbocycles. The fraction of sp³-hybridized carbons (Fsp3) is 0.400. The molecule has 0 saturated carbocycles. The van der Waals surface area contributed by atoms with Crippen molar-refractivity contribution in [1.82, 2.24) is 9.88 Å². The summed E-state index contributed by atoms with van der Waals surface area (Å²) in [6.45, 7) is 0.773. The summed E-state index contributed by atoms with van der Waals surface area (Å²) >= 11 is 17.5. The number of hydrogen-bond acceptors (Lipinski definition) is 3. The first-order valence-corrected chi connectivity index (χ1v) is 6.11. The molecule has 1 amide bonds. The fourth-order valence-electron chi connectivity index (χ4n) is 1.67. The van der Waals surface area contributed by atoms with Crippen LogP contribution in [0.15, 0.2) is 6.20 Å². The van der Waals surface area contributed by atoms with Crippen LogP contribution in [0.1, 0.15) is 16.9 Å². The van der Waals surface area contributed by atoms with Crippen LogP contribution in [0.25, 0.3) is 0 Å². The van der Waals surface area contributed by atoms with Crippen LogP contribution in [0.2, 0.25) is 15.1 Å². The van der Waals surface area contributed by atoms with Crippen molar-refractivity contribution < 1.29 is 9.90 Å². The normalized spacial score (nSPS) is 19.8. The first-order valence-electron chi connectivity index (χ1n) is 4.97. The number of carbonyl (C=O) groups excluding carboxylic acids is 1.